The quantitative estimate of drug-likeness (QED) is 0.744. The molecule has 0 aliphatic rings. The summed E-state index contributed by atoms with van der Waals surface area (Å²) < 4.78 is 27.1. The topological polar surface area (TPSA) is 60.4 Å². The molecule has 0 radical (unpaired) electrons. The molecular formula is C11H14O4S. The predicted octanol–water partition coefficient (Wildman–Crippen LogP) is 1.20. The molecule has 0 saturated carbocycles. The molecule has 0 N–H and O–H groups in total. The summed E-state index contributed by atoms with van der Waals surface area (Å²) in [5.74, 6) is -0.301. The molecule has 1 aromatic rings. The Morgan fingerprint density at radius 3 is 2.62 bits per heavy atom. The fourth-order valence-electron chi connectivity index (χ4n) is 1.28. The van der Waals surface area contributed by atoms with Crippen molar-refractivity contribution in [2.75, 3.05) is 13.4 Å². The Morgan fingerprint density at radius 2 is 2.06 bits per heavy atom. The highest BCUT2D eigenvalue weighted by Gasteiger charge is 2.08. The van der Waals surface area contributed by atoms with Crippen LogP contribution < -0.4 is 0 Å². The molecule has 0 bridgehead atoms. The lowest BCUT2D eigenvalue weighted by Crippen LogP contribution is -2.03. The normalized spacial score (nSPS) is 11.1. The van der Waals surface area contributed by atoms with Crippen LogP contribution in [0.2, 0.25) is 0 Å². The number of sulfone groups is 1. The van der Waals surface area contributed by atoms with Crippen molar-refractivity contribution in [2.24, 2.45) is 0 Å². The van der Waals surface area contributed by atoms with Crippen LogP contribution in [0.15, 0.2) is 29.2 Å². The number of ether oxygens (including phenoxy) is 1. The molecule has 0 aliphatic carbocycles. The van der Waals surface area contributed by atoms with Gasteiger partial charge in [0.25, 0.3) is 0 Å². The number of methoxy groups -OCH3 is 1. The summed E-state index contributed by atoms with van der Waals surface area (Å²) in [7, 11) is -1.86. The van der Waals surface area contributed by atoms with Crippen molar-refractivity contribution in [1.29, 1.82) is 0 Å². The summed E-state index contributed by atoms with van der Waals surface area (Å²) in [5.41, 5.74) is 0.813. The number of hydrogen-bond donors (Lipinski definition) is 0. The van der Waals surface area contributed by atoms with Crippen molar-refractivity contribution in [3.8, 4) is 0 Å². The van der Waals surface area contributed by atoms with Crippen molar-refractivity contribution in [2.45, 2.75) is 17.7 Å². The molecule has 1 aromatic carbocycles. The van der Waals surface area contributed by atoms with Gasteiger partial charge in [0.15, 0.2) is 9.84 Å². The van der Waals surface area contributed by atoms with E-state index >= 15 is 0 Å². The first-order valence-electron chi connectivity index (χ1n) is 4.79. The van der Waals surface area contributed by atoms with Gasteiger partial charge in [-0.1, -0.05) is 12.1 Å². The van der Waals surface area contributed by atoms with Gasteiger partial charge in [0.2, 0.25) is 0 Å². The zero-order valence-electron chi connectivity index (χ0n) is 9.26. The number of carbonyl (C=O) groups excluding carboxylic acids is 1. The van der Waals surface area contributed by atoms with Crippen molar-refractivity contribution in [3.63, 3.8) is 0 Å². The van der Waals surface area contributed by atoms with Crippen LogP contribution in [0, 0.1) is 0 Å². The van der Waals surface area contributed by atoms with Gasteiger partial charge in [0, 0.05) is 12.7 Å². The highest BCUT2D eigenvalue weighted by atomic mass is 32.2. The first-order valence-corrected chi connectivity index (χ1v) is 6.68. The number of hydrogen-bond acceptors (Lipinski definition) is 4. The molecule has 0 fully saturated rings. The Hall–Kier alpha value is -1.36. The lowest BCUT2D eigenvalue weighted by Gasteiger charge is -2.03. The Morgan fingerprint density at radius 1 is 1.38 bits per heavy atom. The van der Waals surface area contributed by atoms with E-state index in [9.17, 15) is 13.2 Å². The molecule has 16 heavy (non-hydrogen) atoms. The van der Waals surface area contributed by atoms with Gasteiger partial charge >= 0.3 is 5.97 Å². The third kappa shape index (κ3) is 3.66. The van der Waals surface area contributed by atoms with Crippen LogP contribution in [-0.2, 0) is 25.8 Å². The van der Waals surface area contributed by atoms with Gasteiger partial charge < -0.3 is 4.74 Å². The van der Waals surface area contributed by atoms with E-state index < -0.39 is 9.84 Å². The smallest absolute Gasteiger partial charge is 0.305 e. The molecule has 4 nitrogen and oxygen atoms in total. The largest absolute Gasteiger partial charge is 0.469 e. The Kier molecular flexibility index (Phi) is 4.06. The van der Waals surface area contributed by atoms with E-state index in [4.69, 9.17) is 0 Å². The van der Waals surface area contributed by atoms with Crippen molar-refractivity contribution in [1.82, 2.24) is 0 Å². The minimum Gasteiger partial charge on any atom is -0.469 e. The van der Waals surface area contributed by atoms with E-state index in [1.54, 1.807) is 18.2 Å². The second-order valence-electron chi connectivity index (χ2n) is 3.50. The molecular weight excluding hydrogens is 228 g/mol. The summed E-state index contributed by atoms with van der Waals surface area (Å²) in [4.78, 5) is 11.2. The molecule has 0 amide bonds. The second kappa shape index (κ2) is 5.12. The van der Waals surface area contributed by atoms with E-state index in [-0.39, 0.29) is 17.3 Å². The van der Waals surface area contributed by atoms with E-state index in [1.165, 1.54) is 13.2 Å². The first-order chi connectivity index (χ1) is 7.43. The van der Waals surface area contributed by atoms with Gasteiger partial charge in [0.1, 0.15) is 0 Å². The van der Waals surface area contributed by atoms with Crippen LogP contribution in [0.5, 0.6) is 0 Å². The molecule has 0 unspecified atom stereocenters. The van der Waals surface area contributed by atoms with Gasteiger partial charge in [-0.3, -0.25) is 4.79 Å². The van der Waals surface area contributed by atoms with Crippen LogP contribution in [0.25, 0.3) is 0 Å². The molecule has 5 heteroatoms. The van der Waals surface area contributed by atoms with Crippen LogP contribution in [0.4, 0.5) is 0 Å². The van der Waals surface area contributed by atoms with Crippen LogP contribution in [-0.4, -0.2) is 27.8 Å². The average Bonchev–Trinajstić information content (AvgIpc) is 2.25. The maximum Gasteiger partial charge on any atom is 0.305 e. The highest BCUT2D eigenvalue weighted by Crippen LogP contribution is 2.12. The Balaban J connectivity index is 2.80. The molecule has 0 atom stereocenters. The fourth-order valence-corrected chi connectivity index (χ4v) is 1.97. The van der Waals surface area contributed by atoms with Crippen molar-refractivity contribution >= 4 is 15.8 Å². The molecule has 0 spiro atoms. The molecule has 0 saturated heterocycles. The van der Waals surface area contributed by atoms with E-state index in [0.29, 0.717) is 6.42 Å². The Labute approximate surface area is 95.2 Å². The number of esters is 1. The average molecular weight is 242 g/mol. The lowest BCUT2D eigenvalue weighted by molar-refractivity contribution is -0.140. The summed E-state index contributed by atoms with van der Waals surface area (Å²) in [6.45, 7) is 0. The minimum absolute atomic E-state index is 0.254. The standard InChI is InChI=1S/C11H14O4S/c1-15-11(12)7-6-9-4-3-5-10(8-9)16(2,13)14/h3-5,8H,6-7H2,1-2H3. The molecule has 1 rings (SSSR count). The van der Waals surface area contributed by atoms with Gasteiger partial charge in [0.05, 0.1) is 12.0 Å². The van der Waals surface area contributed by atoms with E-state index in [2.05, 4.69) is 4.74 Å². The maximum absolute atomic E-state index is 11.3. The second-order valence-corrected chi connectivity index (χ2v) is 5.51. The summed E-state index contributed by atoms with van der Waals surface area (Å²) in [5, 5.41) is 0. The molecule has 0 heterocycles. The summed E-state index contributed by atoms with van der Waals surface area (Å²) in [6.07, 6.45) is 1.90. The number of carbonyl (C=O) groups is 1. The maximum atomic E-state index is 11.3. The monoisotopic (exact) mass is 242 g/mol. The molecule has 0 aromatic heterocycles. The first kappa shape index (κ1) is 12.7. The third-order valence-corrected chi connectivity index (χ3v) is 3.28. The molecule has 88 valence electrons. The van der Waals surface area contributed by atoms with E-state index in [0.717, 1.165) is 11.8 Å². The zero-order valence-corrected chi connectivity index (χ0v) is 10.1. The third-order valence-electron chi connectivity index (χ3n) is 2.17. The number of benzene rings is 1. The SMILES string of the molecule is COC(=O)CCc1cccc(S(C)(=O)=O)c1. The van der Waals surface area contributed by atoms with Crippen molar-refractivity contribution < 1.29 is 17.9 Å². The van der Waals surface area contributed by atoms with Gasteiger partial charge in [-0.15, -0.1) is 0 Å². The van der Waals surface area contributed by atoms with Gasteiger partial charge in [-0.2, -0.15) is 0 Å². The Bertz CT molecular complexity index is 477. The lowest BCUT2D eigenvalue weighted by atomic mass is 10.1. The van der Waals surface area contributed by atoms with Crippen LogP contribution >= 0.6 is 0 Å². The van der Waals surface area contributed by atoms with E-state index in [1.807, 2.05) is 0 Å². The predicted molar refractivity (Wildman–Crippen MR) is 59.9 cm³/mol. The number of aryl methyl sites for hydroxylation is 1. The zero-order chi connectivity index (χ0) is 12.2. The van der Waals surface area contributed by atoms with Gasteiger partial charge in [-0.05, 0) is 24.1 Å². The van der Waals surface area contributed by atoms with Crippen molar-refractivity contribution in [3.05, 3.63) is 29.8 Å². The summed E-state index contributed by atoms with van der Waals surface area (Å²) in [6, 6.07) is 6.58. The minimum atomic E-state index is -3.19. The highest BCUT2D eigenvalue weighted by molar-refractivity contribution is 7.90. The van der Waals surface area contributed by atoms with Gasteiger partial charge in [-0.25, -0.2) is 8.42 Å². The van der Waals surface area contributed by atoms with Crippen LogP contribution in [0.1, 0.15) is 12.0 Å². The van der Waals surface area contributed by atoms with Crippen LogP contribution in [0.3, 0.4) is 0 Å². The number of rotatable bonds is 4. The molecule has 0 aliphatic heterocycles. The fraction of sp³-hybridized carbons (Fsp3) is 0.364. The summed E-state index contributed by atoms with van der Waals surface area (Å²) >= 11 is 0.